The molecule has 90 valence electrons. The lowest BCUT2D eigenvalue weighted by molar-refractivity contribution is 0.601. The van der Waals surface area contributed by atoms with Crippen molar-refractivity contribution >= 4 is 21.2 Å². The van der Waals surface area contributed by atoms with Crippen LogP contribution in [-0.2, 0) is 9.84 Å². The second kappa shape index (κ2) is 3.46. The molecule has 3 rings (SSSR count). The lowest BCUT2D eigenvalue weighted by Crippen LogP contribution is -2.03. The molecular formula is C11H13N3O2S. The zero-order chi connectivity index (χ0) is 12.0. The summed E-state index contributed by atoms with van der Waals surface area (Å²) in [5.74, 6) is 0.515. The Morgan fingerprint density at radius 1 is 1.35 bits per heavy atom. The number of nitrogen functional groups attached to an aromatic ring is 1. The third-order valence-electron chi connectivity index (χ3n) is 3.14. The van der Waals surface area contributed by atoms with Crippen molar-refractivity contribution < 1.29 is 8.42 Å². The van der Waals surface area contributed by atoms with Crippen LogP contribution in [0.3, 0.4) is 0 Å². The highest BCUT2D eigenvalue weighted by molar-refractivity contribution is 7.91. The number of imidazole rings is 1. The van der Waals surface area contributed by atoms with E-state index in [1.807, 2.05) is 16.7 Å². The average Bonchev–Trinajstić information content (AvgIpc) is 2.80. The number of rotatable bonds is 1. The van der Waals surface area contributed by atoms with Crippen molar-refractivity contribution in [1.29, 1.82) is 0 Å². The van der Waals surface area contributed by atoms with Gasteiger partial charge in [0, 0.05) is 24.0 Å². The van der Waals surface area contributed by atoms with Crippen LogP contribution in [0.15, 0.2) is 24.5 Å². The number of nitrogens with zero attached hydrogens (tertiary/aromatic N) is 2. The van der Waals surface area contributed by atoms with Gasteiger partial charge < -0.3 is 10.1 Å². The Morgan fingerprint density at radius 3 is 2.88 bits per heavy atom. The molecule has 0 bridgehead atoms. The van der Waals surface area contributed by atoms with Crippen LogP contribution in [0.2, 0.25) is 0 Å². The van der Waals surface area contributed by atoms with E-state index < -0.39 is 9.84 Å². The molecule has 6 heteroatoms. The Bertz CT molecular complexity index is 675. The highest BCUT2D eigenvalue weighted by Gasteiger charge is 2.30. The largest absolute Gasteiger partial charge is 0.398 e. The van der Waals surface area contributed by atoms with E-state index in [0.29, 0.717) is 12.1 Å². The number of aromatic nitrogens is 2. The summed E-state index contributed by atoms with van der Waals surface area (Å²) in [4.78, 5) is 4.44. The van der Waals surface area contributed by atoms with Crippen LogP contribution >= 0.6 is 0 Å². The number of hydrogen-bond donors (Lipinski definition) is 1. The van der Waals surface area contributed by atoms with E-state index in [0.717, 1.165) is 11.3 Å². The van der Waals surface area contributed by atoms with Gasteiger partial charge in [0.15, 0.2) is 9.84 Å². The SMILES string of the molecule is Nc1ccc2nc(C3CCS(=O)(=O)C3)cn2c1. The summed E-state index contributed by atoms with van der Waals surface area (Å²) in [6, 6.07) is 3.62. The minimum absolute atomic E-state index is 0.0288. The van der Waals surface area contributed by atoms with Gasteiger partial charge in [0.1, 0.15) is 5.65 Å². The lowest BCUT2D eigenvalue weighted by Gasteiger charge is -2.00. The molecule has 2 N–H and O–H groups in total. The van der Waals surface area contributed by atoms with Crippen molar-refractivity contribution in [1.82, 2.24) is 9.38 Å². The molecule has 2 aromatic rings. The third-order valence-corrected chi connectivity index (χ3v) is 4.91. The van der Waals surface area contributed by atoms with E-state index >= 15 is 0 Å². The van der Waals surface area contributed by atoms with Crippen LogP contribution in [-0.4, -0.2) is 29.3 Å². The van der Waals surface area contributed by atoms with E-state index in [1.54, 1.807) is 12.3 Å². The molecular weight excluding hydrogens is 238 g/mol. The molecule has 0 radical (unpaired) electrons. The molecule has 1 aliphatic heterocycles. The molecule has 1 aliphatic rings. The van der Waals surface area contributed by atoms with Gasteiger partial charge in [0.25, 0.3) is 0 Å². The Hall–Kier alpha value is -1.56. The molecule has 5 nitrogen and oxygen atoms in total. The van der Waals surface area contributed by atoms with Gasteiger partial charge in [0.2, 0.25) is 0 Å². The van der Waals surface area contributed by atoms with Gasteiger partial charge >= 0.3 is 0 Å². The fraction of sp³-hybridized carbons (Fsp3) is 0.364. The van der Waals surface area contributed by atoms with E-state index in [1.165, 1.54) is 0 Å². The Morgan fingerprint density at radius 2 is 2.18 bits per heavy atom. The van der Waals surface area contributed by atoms with Crippen LogP contribution in [0.25, 0.3) is 5.65 Å². The zero-order valence-corrected chi connectivity index (χ0v) is 10.0. The maximum atomic E-state index is 11.4. The molecule has 0 amide bonds. The highest BCUT2D eigenvalue weighted by Crippen LogP contribution is 2.28. The monoisotopic (exact) mass is 251 g/mol. The van der Waals surface area contributed by atoms with Gasteiger partial charge in [0.05, 0.1) is 17.2 Å². The second-order valence-electron chi connectivity index (χ2n) is 4.49. The van der Waals surface area contributed by atoms with Crippen molar-refractivity contribution in [3.63, 3.8) is 0 Å². The number of fused-ring (bicyclic) bond motifs is 1. The zero-order valence-electron chi connectivity index (χ0n) is 9.20. The number of nitrogens with two attached hydrogens (primary N) is 1. The van der Waals surface area contributed by atoms with Crippen molar-refractivity contribution in [3.8, 4) is 0 Å². The number of pyridine rings is 1. The van der Waals surface area contributed by atoms with Crippen LogP contribution in [0.4, 0.5) is 5.69 Å². The van der Waals surface area contributed by atoms with E-state index in [-0.39, 0.29) is 17.4 Å². The first-order chi connectivity index (χ1) is 8.03. The topological polar surface area (TPSA) is 77.5 Å². The Kier molecular flexibility index (Phi) is 2.16. The molecule has 1 saturated heterocycles. The number of hydrogen-bond acceptors (Lipinski definition) is 4. The summed E-state index contributed by atoms with van der Waals surface area (Å²) in [7, 11) is -2.86. The van der Waals surface area contributed by atoms with Gasteiger partial charge in [-0.25, -0.2) is 13.4 Å². The predicted molar refractivity (Wildman–Crippen MR) is 65.6 cm³/mol. The fourth-order valence-electron chi connectivity index (χ4n) is 2.25. The highest BCUT2D eigenvalue weighted by atomic mass is 32.2. The fourth-order valence-corrected chi connectivity index (χ4v) is 4.01. The van der Waals surface area contributed by atoms with E-state index in [2.05, 4.69) is 4.98 Å². The molecule has 17 heavy (non-hydrogen) atoms. The third kappa shape index (κ3) is 1.88. The van der Waals surface area contributed by atoms with E-state index in [4.69, 9.17) is 5.73 Å². The summed E-state index contributed by atoms with van der Waals surface area (Å²) in [6.07, 6.45) is 4.33. The molecule has 3 heterocycles. The number of sulfone groups is 1. The summed E-state index contributed by atoms with van der Waals surface area (Å²) >= 11 is 0. The lowest BCUT2D eigenvalue weighted by atomic mass is 10.1. The van der Waals surface area contributed by atoms with Gasteiger partial charge in [-0.15, -0.1) is 0 Å². The second-order valence-corrected chi connectivity index (χ2v) is 6.72. The summed E-state index contributed by atoms with van der Waals surface area (Å²) < 4.78 is 24.7. The normalized spacial score (nSPS) is 23.2. The van der Waals surface area contributed by atoms with Crippen molar-refractivity contribution in [2.75, 3.05) is 17.2 Å². The van der Waals surface area contributed by atoms with Gasteiger partial charge in [-0.05, 0) is 18.6 Å². The molecule has 1 atom stereocenters. The molecule has 0 aromatic carbocycles. The maximum absolute atomic E-state index is 11.4. The van der Waals surface area contributed by atoms with Crippen LogP contribution in [0.5, 0.6) is 0 Å². The molecule has 1 unspecified atom stereocenters. The Balaban J connectivity index is 2.02. The average molecular weight is 251 g/mol. The Labute approximate surface area is 99.2 Å². The first-order valence-electron chi connectivity index (χ1n) is 5.48. The predicted octanol–water partition coefficient (Wildman–Crippen LogP) is 0.819. The van der Waals surface area contributed by atoms with Gasteiger partial charge in [-0.1, -0.05) is 0 Å². The van der Waals surface area contributed by atoms with Crippen LogP contribution in [0.1, 0.15) is 18.0 Å². The van der Waals surface area contributed by atoms with Gasteiger partial charge in [-0.3, -0.25) is 0 Å². The molecule has 0 spiro atoms. The van der Waals surface area contributed by atoms with Crippen LogP contribution < -0.4 is 5.73 Å². The van der Waals surface area contributed by atoms with Crippen LogP contribution in [0, 0.1) is 0 Å². The van der Waals surface area contributed by atoms with Crippen molar-refractivity contribution in [2.24, 2.45) is 0 Å². The maximum Gasteiger partial charge on any atom is 0.151 e. The standard InChI is InChI=1S/C11H13N3O2S/c12-9-1-2-11-13-10(6-14(11)5-9)8-3-4-17(15,16)7-8/h1-2,5-6,8H,3-4,7,12H2. The molecule has 0 saturated carbocycles. The van der Waals surface area contributed by atoms with Gasteiger partial charge in [-0.2, -0.15) is 0 Å². The number of anilines is 1. The smallest absolute Gasteiger partial charge is 0.151 e. The first-order valence-corrected chi connectivity index (χ1v) is 7.30. The molecule has 0 aliphatic carbocycles. The van der Waals surface area contributed by atoms with Crippen molar-refractivity contribution in [3.05, 3.63) is 30.2 Å². The summed E-state index contributed by atoms with van der Waals surface area (Å²) in [5.41, 5.74) is 8.00. The minimum atomic E-state index is -2.86. The molecule has 1 fully saturated rings. The minimum Gasteiger partial charge on any atom is -0.398 e. The van der Waals surface area contributed by atoms with E-state index in [9.17, 15) is 8.42 Å². The summed E-state index contributed by atoms with van der Waals surface area (Å²) in [6.45, 7) is 0. The first kappa shape index (κ1) is 10.6. The summed E-state index contributed by atoms with van der Waals surface area (Å²) in [5, 5.41) is 0. The quantitative estimate of drug-likeness (QED) is 0.814. The molecule has 2 aromatic heterocycles. The van der Waals surface area contributed by atoms with Crippen molar-refractivity contribution in [2.45, 2.75) is 12.3 Å².